The summed E-state index contributed by atoms with van der Waals surface area (Å²) in [5, 5.41) is 2.18. The van der Waals surface area contributed by atoms with Gasteiger partial charge in [-0.15, -0.1) is 11.3 Å². The zero-order valence-corrected chi connectivity index (χ0v) is 10.9. The van der Waals surface area contributed by atoms with Crippen molar-refractivity contribution >= 4 is 27.3 Å². The van der Waals surface area contributed by atoms with E-state index in [1.807, 2.05) is 11.3 Å². The molecular weight excluding hydrogens is 244 g/mol. The number of alkyl halides is 1. The van der Waals surface area contributed by atoms with E-state index in [9.17, 15) is 0 Å². The second-order valence-corrected chi connectivity index (χ2v) is 6.10. The minimum Gasteiger partial charge on any atom is -0.149 e. The number of rotatable bonds is 4. The molecule has 2 heteroatoms. The summed E-state index contributed by atoms with van der Waals surface area (Å²) in [6.07, 6.45) is 2.46. The molecule has 0 aliphatic rings. The van der Waals surface area contributed by atoms with Crippen LogP contribution in [0.25, 0.3) is 0 Å². The quantitative estimate of drug-likeness (QED) is 0.704. The highest BCUT2D eigenvalue weighted by molar-refractivity contribution is 9.09. The van der Waals surface area contributed by atoms with E-state index >= 15 is 0 Å². The van der Waals surface area contributed by atoms with Crippen molar-refractivity contribution in [3.63, 3.8) is 0 Å². The van der Waals surface area contributed by atoms with Gasteiger partial charge in [-0.2, -0.15) is 0 Å². The van der Waals surface area contributed by atoms with E-state index in [1.54, 1.807) is 0 Å². The van der Waals surface area contributed by atoms with Crippen molar-refractivity contribution < 1.29 is 0 Å². The average Bonchev–Trinajstić information content (AvgIpc) is 2.47. The van der Waals surface area contributed by atoms with Crippen LogP contribution in [0.1, 0.15) is 30.7 Å². The molecular formula is C11H17BrS. The van der Waals surface area contributed by atoms with Gasteiger partial charge in [-0.3, -0.25) is 0 Å². The fourth-order valence-electron chi connectivity index (χ4n) is 1.30. The van der Waals surface area contributed by atoms with Gasteiger partial charge >= 0.3 is 0 Å². The van der Waals surface area contributed by atoms with Gasteiger partial charge in [0.15, 0.2) is 0 Å². The molecule has 0 N–H and O–H groups in total. The van der Waals surface area contributed by atoms with Crippen molar-refractivity contribution in [1.82, 2.24) is 0 Å². The van der Waals surface area contributed by atoms with E-state index in [4.69, 9.17) is 0 Å². The van der Waals surface area contributed by atoms with Crippen LogP contribution in [-0.4, -0.2) is 4.83 Å². The normalized spacial score (nSPS) is 13.6. The molecule has 1 rings (SSSR count). The van der Waals surface area contributed by atoms with Gasteiger partial charge in [-0.05, 0) is 42.7 Å². The Hall–Kier alpha value is 0.180. The molecule has 0 saturated heterocycles. The highest BCUT2D eigenvalue weighted by Gasteiger charge is 2.09. The smallest absolute Gasteiger partial charge is 0.0172 e. The van der Waals surface area contributed by atoms with Crippen LogP contribution in [0.4, 0.5) is 0 Å². The standard InChI is InChI=1S/C11H17BrS/c1-8(2)11(12)5-4-10-6-7-13-9(10)3/h6-8,11H,4-5H2,1-3H3. The molecule has 0 amide bonds. The van der Waals surface area contributed by atoms with Gasteiger partial charge in [0.25, 0.3) is 0 Å². The molecule has 0 nitrogen and oxygen atoms in total. The Bertz CT molecular complexity index is 252. The Morgan fingerprint density at radius 2 is 2.15 bits per heavy atom. The van der Waals surface area contributed by atoms with Gasteiger partial charge in [-0.25, -0.2) is 0 Å². The zero-order chi connectivity index (χ0) is 9.84. The van der Waals surface area contributed by atoms with Crippen LogP contribution in [0.3, 0.4) is 0 Å². The van der Waals surface area contributed by atoms with E-state index in [2.05, 4.69) is 48.1 Å². The maximum atomic E-state index is 3.72. The second-order valence-electron chi connectivity index (χ2n) is 3.80. The van der Waals surface area contributed by atoms with E-state index in [-0.39, 0.29) is 0 Å². The summed E-state index contributed by atoms with van der Waals surface area (Å²) in [6, 6.07) is 2.25. The van der Waals surface area contributed by atoms with Crippen molar-refractivity contribution in [3.05, 3.63) is 21.9 Å². The maximum absolute atomic E-state index is 3.72. The van der Waals surface area contributed by atoms with Crippen LogP contribution in [-0.2, 0) is 6.42 Å². The fraction of sp³-hybridized carbons (Fsp3) is 0.636. The number of hydrogen-bond donors (Lipinski definition) is 0. The van der Waals surface area contributed by atoms with Crippen LogP contribution in [0.15, 0.2) is 11.4 Å². The zero-order valence-electron chi connectivity index (χ0n) is 8.51. The van der Waals surface area contributed by atoms with E-state index in [1.165, 1.54) is 23.3 Å². The molecule has 74 valence electrons. The highest BCUT2D eigenvalue weighted by Crippen LogP contribution is 2.22. The molecule has 0 spiro atoms. The Balaban J connectivity index is 2.39. The Kier molecular flexibility index (Phi) is 4.47. The van der Waals surface area contributed by atoms with Gasteiger partial charge in [0.2, 0.25) is 0 Å². The number of hydrogen-bond acceptors (Lipinski definition) is 1. The topological polar surface area (TPSA) is 0 Å². The lowest BCUT2D eigenvalue weighted by atomic mass is 10.0. The average molecular weight is 261 g/mol. The molecule has 1 atom stereocenters. The minimum absolute atomic E-state index is 0.659. The third kappa shape index (κ3) is 3.43. The second kappa shape index (κ2) is 5.16. The largest absolute Gasteiger partial charge is 0.149 e. The third-order valence-electron chi connectivity index (χ3n) is 2.38. The van der Waals surface area contributed by atoms with Crippen LogP contribution in [0.2, 0.25) is 0 Å². The molecule has 0 aromatic carbocycles. The molecule has 0 aliphatic heterocycles. The molecule has 1 aromatic heterocycles. The molecule has 1 heterocycles. The first-order chi connectivity index (χ1) is 6.11. The van der Waals surface area contributed by atoms with E-state index in [0.717, 1.165) is 5.92 Å². The van der Waals surface area contributed by atoms with Crippen LogP contribution < -0.4 is 0 Å². The van der Waals surface area contributed by atoms with Crippen molar-refractivity contribution in [2.75, 3.05) is 0 Å². The monoisotopic (exact) mass is 260 g/mol. The first kappa shape index (κ1) is 11.3. The van der Waals surface area contributed by atoms with Crippen LogP contribution in [0, 0.1) is 12.8 Å². The minimum atomic E-state index is 0.659. The molecule has 0 radical (unpaired) electrons. The summed E-state index contributed by atoms with van der Waals surface area (Å²) in [6.45, 7) is 6.73. The number of halogens is 1. The Morgan fingerprint density at radius 1 is 1.46 bits per heavy atom. The fourth-order valence-corrected chi connectivity index (χ4v) is 2.28. The molecule has 0 fully saturated rings. The van der Waals surface area contributed by atoms with Crippen molar-refractivity contribution in [1.29, 1.82) is 0 Å². The third-order valence-corrected chi connectivity index (χ3v) is 4.78. The summed E-state index contributed by atoms with van der Waals surface area (Å²) in [5.41, 5.74) is 1.52. The van der Waals surface area contributed by atoms with Gasteiger partial charge in [0.1, 0.15) is 0 Å². The molecule has 1 unspecified atom stereocenters. The lowest BCUT2D eigenvalue weighted by Gasteiger charge is -2.12. The molecule has 0 aliphatic carbocycles. The predicted molar refractivity (Wildman–Crippen MR) is 64.9 cm³/mol. The summed E-state index contributed by atoms with van der Waals surface area (Å²) in [5.74, 6) is 0.735. The molecule has 0 bridgehead atoms. The first-order valence-corrected chi connectivity index (χ1v) is 6.58. The van der Waals surface area contributed by atoms with Crippen LogP contribution >= 0.6 is 27.3 Å². The van der Waals surface area contributed by atoms with Crippen molar-refractivity contribution in [3.8, 4) is 0 Å². The summed E-state index contributed by atoms with van der Waals surface area (Å²) >= 11 is 5.57. The molecule has 13 heavy (non-hydrogen) atoms. The van der Waals surface area contributed by atoms with Gasteiger partial charge < -0.3 is 0 Å². The molecule has 0 saturated carbocycles. The lowest BCUT2D eigenvalue weighted by molar-refractivity contribution is 0.581. The summed E-state index contributed by atoms with van der Waals surface area (Å²) in [4.78, 5) is 2.13. The highest BCUT2D eigenvalue weighted by atomic mass is 79.9. The van der Waals surface area contributed by atoms with E-state index in [0.29, 0.717) is 4.83 Å². The van der Waals surface area contributed by atoms with Gasteiger partial charge in [0, 0.05) is 9.70 Å². The van der Waals surface area contributed by atoms with E-state index < -0.39 is 0 Å². The van der Waals surface area contributed by atoms with Gasteiger partial charge in [0.05, 0.1) is 0 Å². The summed E-state index contributed by atoms with van der Waals surface area (Å²) in [7, 11) is 0. The SMILES string of the molecule is Cc1sccc1CCC(Br)C(C)C. The number of thiophene rings is 1. The van der Waals surface area contributed by atoms with Crippen LogP contribution in [0.5, 0.6) is 0 Å². The molecule has 1 aromatic rings. The maximum Gasteiger partial charge on any atom is 0.0172 e. The summed E-state index contributed by atoms with van der Waals surface area (Å²) < 4.78 is 0. The Labute approximate surface area is 93.5 Å². The number of aryl methyl sites for hydroxylation is 2. The predicted octanol–water partition coefficient (Wildman–Crippen LogP) is 4.41. The lowest BCUT2D eigenvalue weighted by Crippen LogP contribution is -2.08. The Morgan fingerprint density at radius 3 is 2.62 bits per heavy atom. The van der Waals surface area contributed by atoms with Crippen molar-refractivity contribution in [2.45, 2.75) is 38.4 Å². The first-order valence-electron chi connectivity index (χ1n) is 4.78. The van der Waals surface area contributed by atoms with Crippen molar-refractivity contribution in [2.24, 2.45) is 5.92 Å². The van der Waals surface area contributed by atoms with Gasteiger partial charge in [-0.1, -0.05) is 29.8 Å².